The van der Waals surface area contributed by atoms with Crippen LogP contribution in [0.3, 0.4) is 0 Å². The fourth-order valence-corrected chi connectivity index (χ4v) is 3.65. The van der Waals surface area contributed by atoms with Crippen molar-refractivity contribution in [2.45, 2.75) is 17.0 Å². The molecule has 4 aromatic rings. The molecule has 0 fully saturated rings. The van der Waals surface area contributed by atoms with Crippen molar-refractivity contribution in [3.8, 4) is 0 Å². The number of hydrogen-bond donors (Lipinski definition) is 3. The van der Waals surface area contributed by atoms with Crippen LogP contribution in [-0.4, -0.2) is 36.4 Å². The van der Waals surface area contributed by atoms with Gasteiger partial charge >= 0.3 is 0 Å². The Morgan fingerprint density at radius 2 is 2.00 bits per heavy atom. The summed E-state index contributed by atoms with van der Waals surface area (Å²) in [5.41, 5.74) is 2.26. The summed E-state index contributed by atoms with van der Waals surface area (Å²) < 4.78 is 1.71. The number of amides is 1. The van der Waals surface area contributed by atoms with Crippen molar-refractivity contribution < 1.29 is 4.79 Å². The van der Waals surface area contributed by atoms with Gasteiger partial charge in [-0.3, -0.25) is 14.3 Å². The number of aromatic nitrogens is 5. The SMILES string of the molecule is Cc1cc(Nc2nc(Sc3ccc(NC(=O)CCl)cc3)nc3ccc(Cl)n23)n[nH]1. The van der Waals surface area contributed by atoms with Gasteiger partial charge in [0.1, 0.15) is 16.7 Å². The first-order valence-corrected chi connectivity index (χ1v) is 10.2. The van der Waals surface area contributed by atoms with Crippen LogP contribution in [0.4, 0.5) is 17.5 Å². The smallest absolute Gasteiger partial charge is 0.239 e. The van der Waals surface area contributed by atoms with E-state index in [0.29, 0.717) is 33.4 Å². The number of anilines is 3. The lowest BCUT2D eigenvalue weighted by Gasteiger charge is -2.09. The van der Waals surface area contributed by atoms with Gasteiger partial charge in [0.25, 0.3) is 0 Å². The Balaban J connectivity index is 1.61. The maximum Gasteiger partial charge on any atom is 0.239 e. The molecular weight excluding hydrogens is 433 g/mol. The van der Waals surface area contributed by atoms with E-state index in [9.17, 15) is 4.79 Å². The van der Waals surface area contributed by atoms with Crippen molar-refractivity contribution in [1.82, 2.24) is 24.6 Å². The van der Waals surface area contributed by atoms with Gasteiger partial charge in [0, 0.05) is 22.3 Å². The van der Waals surface area contributed by atoms with E-state index in [0.717, 1.165) is 10.6 Å². The first-order valence-electron chi connectivity index (χ1n) is 8.49. The lowest BCUT2D eigenvalue weighted by Crippen LogP contribution is -2.12. The van der Waals surface area contributed by atoms with E-state index in [-0.39, 0.29) is 11.8 Å². The summed E-state index contributed by atoms with van der Waals surface area (Å²) in [6.07, 6.45) is 0. The third-order valence-corrected chi connectivity index (χ3v) is 5.26. The quantitative estimate of drug-likeness (QED) is 0.376. The molecule has 0 aliphatic rings. The van der Waals surface area contributed by atoms with Crippen molar-refractivity contribution in [3.63, 3.8) is 0 Å². The minimum atomic E-state index is -0.254. The van der Waals surface area contributed by atoms with E-state index in [4.69, 9.17) is 23.2 Å². The highest BCUT2D eigenvalue weighted by atomic mass is 35.5. The molecule has 11 heteroatoms. The molecule has 0 spiro atoms. The largest absolute Gasteiger partial charge is 0.325 e. The number of hydrogen-bond acceptors (Lipinski definition) is 6. The number of aryl methyl sites for hydroxylation is 1. The minimum absolute atomic E-state index is 0.0878. The van der Waals surface area contributed by atoms with E-state index in [1.807, 2.05) is 31.2 Å². The van der Waals surface area contributed by atoms with Gasteiger partial charge in [0.2, 0.25) is 11.9 Å². The Labute approximate surface area is 180 Å². The molecule has 29 heavy (non-hydrogen) atoms. The van der Waals surface area contributed by atoms with Crippen LogP contribution in [0, 0.1) is 6.92 Å². The van der Waals surface area contributed by atoms with Gasteiger partial charge in [-0.2, -0.15) is 10.1 Å². The van der Waals surface area contributed by atoms with Crippen molar-refractivity contribution in [1.29, 1.82) is 0 Å². The molecule has 4 rings (SSSR count). The van der Waals surface area contributed by atoms with Gasteiger partial charge in [0.15, 0.2) is 11.0 Å². The summed E-state index contributed by atoms with van der Waals surface area (Å²) in [6, 6.07) is 12.8. The van der Waals surface area contributed by atoms with Gasteiger partial charge in [-0.15, -0.1) is 11.6 Å². The fraction of sp³-hybridized carbons (Fsp3) is 0.111. The zero-order valence-corrected chi connectivity index (χ0v) is 17.4. The zero-order chi connectivity index (χ0) is 20.4. The number of alkyl halides is 1. The minimum Gasteiger partial charge on any atom is -0.325 e. The fourth-order valence-electron chi connectivity index (χ4n) is 2.59. The van der Waals surface area contributed by atoms with Gasteiger partial charge in [-0.1, -0.05) is 11.6 Å². The summed E-state index contributed by atoms with van der Waals surface area (Å²) in [5.74, 6) is 0.790. The van der Waals surface area contributed by atoms with Gasteiger partial charge in [0.05, 0.1) is 0 Å². The second-order valence-corrected chi connectivity index (χ2v) is 7.74. The number of carbonyl (C=O) groups is 1. The number of aromatic amines is 1. The molecule has 3 heterocycles. The van der Waals surface area contributed by atoms with E-state index >= 15 is 0 Å². The van der Waals surface area contributed by atoms with E-state index in [2.05, 4.69) is 30.8 Å². The van der Waals surface area contributed by atoms with E-state index < -0.39 is 0 Å². The zero-order valence-electron chi connectivity index (χ0n) is 15.1. The molecule has 8 nitrogen and oxygen atoms in total. The maximum atomic E-state index is 11.4. The lowest BCUT2D eigenvalue weighted by atomic mass is 10.3. The van der Waals surface area contributed by atoms with Gasteiger partial charge < -0.3 is 10.6 Å². The topological polar surface area (TPSA) is 100 Å². The summed E-state index contributed by atoms with van der Waals surface area (Å²) in [7, 11) is 0. The van der Waals surface area contributed by atoms with Crippen LogP contribution in [-0.2, 0) is 4.79 Å². The predicted octanol–water partition coefficient (Wildman–Crippen LogP) is 4.49. The molecule has 3 N–H and O–H groups in total. The third-order valence-electron chi connectivity index (χ3n) is 3.85. The first-order chi connectivity index (χ1) is 14.0. The molecule has 0 atom stereocenters. The van der Waals surface area contributed by atoms with Crippen molar-refractivity contribution in [2.75, 3.05) is 16.5 Å². The van der Waals surface area contributed by atoms with Crippen LogP contribution in [0.1, 0.15) is 5.69 Å². The molecule has 0 aliphatic heterocycles. The van der Waals surface area contributed by atoms with Crippen LogP contribution in [0.15, 0.2) is 52.5 Å². The highest BCUT2D eigenvalue weighted by molar-refractivity contribution is 7.99. The van der Waals surface area contributed by atoms with Crippen LogP contribution < -0.4 is 10.6 Å². The number of benzene rings is 1. The molecule has 3 aromatic heterocycles. The van der Waals surface area contributed by atoms with Gasteiger partial charge in [-0.25, -0.2) is 4.98 Å². The Morgan fingerprint density at radius 1 is 1.21 bits per heavy atom. The molecule has 0 bridgehead atoms. The molecular formula is C18H15Cl2N7OS. The highest BCUT2D eigenvalue weighted by Gasteiger charge is 2.13. The number of fused-ring (bicyclic) bond motifs is 1. The Kier molecular flexibility index (Phi) is 5.61. The summed E-state index contributed by atoms with van der Waals surface area (Å²) in [6.45, 7) is 1.91. The van der Waals surface area contributed by atoms with Crippen LogP contribution in [0.5, 0.6) is 0 Å². The first kappa shape index (κ1) is 19.6. The predicted molar refractivity (Wildman–Crippen MR) is 115 cm³/mol. The average molecular weight is 448 g/mol. The molecule has 0 saturated heterocycles. The lowest BCUT2D eigenvalue weighted by molar-refractivity contribution is -0.113. The number of nitrogens with zero attached hydrogens (tertiary/aromatic N) is 4. The maximum absolute atomic E-state index is 11.4. The van der Waals surface area contributed by atoms with Crippen molar-refractivity contribution >= 4 is 64.0 Å². The number of rotatable bonds is 6. The van der Waals surface area contributed by atoms with Crippen LogP contribution in [0.25, 0.3) is 5.65 Å². The number of halogens is 2. The Morgan fingerprint density at radius 3 is 2.69 bits per heavy atom. The average Bonchev–Trinajstić information content (AvgIpc) is 3.28. The molecule has 0 unspecified atom stereocenters. The molecule has 1 amide bonds. The third kappa shape index (κ3) is 4.47. The second kappa shape index (κ2) is 8.32. The Bertz CT molecular complexity index is 1170. The van der Waals surface area contributed by atoms with E-state index in [1.54, 1.807) is 22.6 Å². The van der Waals surface area contributed by atoms with Crippen molar-refractivity contribution in [3.05, 3.63) is 53.3 Å². The standard InChI is InChI=1S/C18H15Cl2N7OS/c1-10-8-14(26-25-10)22-17-24-18(23-15-7-6-13(20)27(15)17)29-12-4-2-11(3-5-12)21-16(28)9-19/h2-8H,9H2,1H3,(H,21,28)(H2,22,23,24,25,26). The summed E-state index contributed by atoms with van der Waals surface area (Å²) in [4.78, 5) is 21.4. The normalized spacial score (nSPS) is 11.0. The van der Waals surface area contributed by atoms with Crippen LogP contribution >= 0.6 is 35.0 Å². The molecule has 1 aromatic carbocycles. The highest BCUT2D eigenvalue weighted by Crippen LogP contribution is 2.29. The molecule has 0 radical (unpaired) electrons. The number of carbonyl (C=O) groups excluding carboxylic acids is 1. The Hall–Kier alpha value is -2.75. The number of H-pyrrole nitrogens is 1. The number of nitrogens with one attached hydrogen (secondary N) is 3. The molecule has 0 aliphatic carbocycles. The van der Waals surface area contributed by atoms with E-state index in [1.165, 1.54) is 11.8 Å². The van der Waals surface area contributed by atoms with Crippen LogP contribution in [0.2, 0.25) is 5.15 Å². The molecule has 148 valence electrons. The molecule has 0 saturated carbocycles. The summed E-state index contributed by atoms with van der Waals surface area (Å²) in [5, 5.41) is 14.0. The monoisotopic (exact) mass is 447 g/mol. The van der Waals surface area contributed by atoms with Crippen molar-refractivity contribution in [2.24, 2.45) is 0 Å². The summed E-state index contributed by atoms with van der Waals surface area (Å²) >= 11 is 13.2. The second-order valence-electron chi connectivity index (χ2n) is 6.05. The van der Waals surface area contributed by atoms with Gasteiger partial charge in [-0.05, 0) is 55.1 Å².